The lowest BCUT2D eigenvalue weighted by atomic mass is 10.1. The third kappa shape index (κ3) is 5.84. The van der Waals surface area contributed by atoms with Crippen LogP contribution < -0.4 is 9.64 Å². The third-order valence-corrected chi connectivity index (χ3v) is 5.96. The van der Waals surface area contributed by atoms with Crippen LogP contribution in [0, 0.1) is 0 Å². The molecule has 1 saturated heterocycles. The van der Waals surface area contributed by atoms with Gasteiger partial charge in [-0.1, -0.05) is 42.5 Å². The minimum absolute atomic E-state index is 0.00631. The third-order valence-electron chi connectivity index (χ3n) is 5.96. The van der Waals surface area contributed by atoms with Gasteiger partial charge in [-0.25, -0.2) is 0 Å². The van der Waals surface area contributed by atoms with Crippen molar-refractivity contribution in [2.45, 2.75) is 0 Å². The number of amides is 2. The Hall–Kier alpha value is -4.20. The second kappa shape index (κ2) is 11.3. The zero-order chi connectivity index (χ0) is 24.6. The summed E-state index contributed by atoms with van der Waals surface area (Å²) in [5, 5.41) is 8.75. The van der Waals surface area contributed by atoms with Gasteiger partial charge in [0.1, 0.15) is 12.3 Å². The van der Waals surface area contributed by atoms with Crippen molar-refractivity contribution in [1.29, 1.82) is 0 Å². The monoisotopic (exact) mass is 471 g/mol. The van der Waals surface area contributed by atoms with Gasteiger partial charge in [-0.05, 0) is 30.3 Å². The summed E-state index contributed by atoms with van der Waals surface area (Å²) in [6.07, 6.45) is 1.63. The van der Waals surface area contributed by atoms with Crippen LogP contribution in [0.15, 0.2) is 79.4 Å². The van der Waals surface area contributed by atoms with Crippen molar-refractivity contribution < 1.29 is 14.3 Å². The van der Waals surface area contributed by atoms with Crippen molar-refractivity contribution in [2.75, 3.05) is 51.3 Å². The maximum atomic E-state index is 13.0. The summed E-state index contributed by atoms with van der Waals surface area (Å²) in [4.78, 5) is 31.4. The fraction of sp³-hybridized carbons (Fsp3) is 0.259. The molecule has 4 rings (SSSR count). The zero-order valence-corrected chi connectivity index (χ0v) is 19.8. The minimum Gasteiger partial charge on any atom is -0.497 e. The first-order valence-electron chi connectivity index (χ1n) is 11.5. The molecular formula is C27H29N5O3. The van der Waals surface area contributed by atoms with Crippen molar-refractivity contribution in [3.8, 4) is 17.0 Å². The van der Waals surface area contributed by atoms with Gasteiger partial charge < -0.3 is 19.4 Å². The summed E-state index contributed by atoms with van der Waals surface area (Å²) in [6, 6.07) is 20.8. The highest BCUT2D eigenvalue weighted by atomic mass is 16.5. The number of carbonyl (C=O) groups is 2. The van der Waals surface area contributed by atoms with Gasteiger partial charge in [0.25, 0.3) is 5.91 Å². The molecule has 35 heavy (non-hydrogen) atoms. The fourth-order valence-corrected chi connectivity index (χ4v) is 4.02. The largest absolute Gasteiger partial charge is 0.497 e. The molecule has 0 N–H and O–H groups in total. The highest BCUT2D eigenvalue weighted by Crippen LogP contribution is 2.19. The normalized spacial score (nSPS) is 13.3. The van der Waals surface area contributed by atoms with Gasteiger partial charge in [0.15, 0.2) is 5.82 Å². The van der Waals surface area contributed by atoms with Crippen LogP contribution in [0.2, 0.25) is 0 Å². The average molecular weight is 472 g/mol. The summed E-state index contributed by atoms with van der Waals surface area (Å²) < 4.78 is 5.22. The van der Waals surface area contributed by atoms with Gasteiger partial charge in [0.05, 0.1) is 12.8 Å². The highest BCUT2D eigenvalue weighted by molar-refractivity contribution is 5.97. The first-order chi connectivity index (χ1) is 17.1. The summed E-state index contributed by atoms with van der Waals surface area (Å²) >= 11 is 0. The van der Waals surface area contributed by atoms with Crippen molar-refractivity contribution in [2.24, 2.45) is 0 Å². The average Bonchev–Trinajstić information content (AvgIpc) is 2.93. The molecule has 1 fully saturated rings. The number of ether oxygens (including phenoxy) is 1. The first kappa shape index (κ1) is 23.9. The molecule has 0 spiro atoms. The van der Waals surface area contributed by atoms with Crippen molar-refractivity contribution >= 4 is 17.6 Å². The van der Waals surface area contributed by atoms with E-state index in [-0.39, 0.29) is 24.9 Å². The van der Waals surface area contributed by atoms with E-state index in [4.69, 9.17) is 4.74 Å². The van der Waals surface area contributed by atoms with Crippen molar-refractivity contribution in [3.05, 3.63) is 84.9 Å². The molecule has 180 valence electrons. The summed E-state index contributed by atoms with van der Waals surface area (Å²) in [5.41, 5.74) is 2.32. The van der Waals surface area contributed by atoms with Crippen LogP contribution in [0.1, 0.15) is 10.4 Å². The number of hydrogen-bond donors (Lipinski definition) is 0. The van der Waals surface area contributed by atoms with Gasteiger partial charge in [0, 0.05) is 43.9 Å². The molecular weight excluding hydrogens is 442 g/mol. The molecule has 1 aliphatic rings. The van der Waals surface area contributed by atoms with Gasteiger partial charge in [-0.3, -0.25) is 9.59 Å². The van der Waals surface area contributed by atoms with E-state index in [1.54, 1.807) is 42.4 Å². The quantitative estimate of drug-likeness (QED) is 0.470. The molecule has 0 atom stereocenters. The van der Waals surface area contributed by atoms with E-state index >= 15 is 0 Å². The number of nitrogens with zero attached hydrogens (tertiary/aromatic N) is 5. The van der Waals surface area contributed by atoms with Crippen LogP contribution in [0.25, 0.3) is 11.3 Å². The molecule has 0 bridgehead atoms. The van der Waals surface area contributed by atoms with Gasteiger partial charge in [-0.2, -0.15) is 0 Å². The maximum absolute atomic E-state index is 13.0. The topological polar surface area (TPSA) is 78.9 Å². The summed E-state index contributed by atoms with van der Waals surface area (Å²) in [7, 11) is 1.55. The number of aromatic nitrogens is 2. The van der Waals surface area contributed by atoms with Crippen LogP contribution in [0.3, 0.4) is 0 Å². The van der Waals surface area contributed by atoms with E-state index in [1.165, 1.54) is 4.90 Å². The lowest BCUT2D eigenvalue weighted by Gasteiger charge is -2.36. The molecule has 8 nitrogen and oxygen atoms in total. The molecule has 3 aromatic rings. The van der Waals surface area contributed by atoms with E-state index in [1.807, 2.05) is 42.5 Å². The molecule has 2 heterocycles. The molecule has 0 radical (unpaired) electrons. The van der Waals surface area contributed by atoms with E-state index in [0.717, 1.165) is 17.1 Å². The molecule has 1 aromatic heterocycles. The summed E-state index contributed by atoms with van der Waals surface area (Å²) in [5.74, 6) is 1.06. The van der Waals surface area contributed by atoms with Crippen LogP contribution in [-0.2, 0) is 4.79 Å². The number of carbonyl (C=O) groups excluding carboxylic acids is 2. The van der Waals surface area contributed by atoms with Crippen LogP contribution in [-0.4, -0.2) is 78.2 Å². The van der Waals surface area contributed by atoms with Gasteiger partial charge >= 0.3 is 0 Å². The van der Waals surface area contributed by atoms with Crippen LogP contribution >= 0.6 is 0 Å². The maximum Gasteiger partial charge on any atom is 0.254 e. The highest BCUT2D eigenvalue weighted by Gasteiger charge is 2.25. The Morgan fingerprint density at radius 1 is 1.00 bits per heavy atom. The Kier molecular flexibility index (Phi) is 7.72. The zero-order valence-electron chi connectivity index (χ0n) is 19.8. The van der Waals surface area contributed by atoms with E-state index in [9.17, 15) is 9.59 Å². The van der Waals surface area contributed by atoms with Crippen LogP contribution in [0.5, 0.6) is 5.75 Å². The number of piperazine rings is 1. The van der Waals surface area contributed by atoms with E-state index in [0.29, 0.717) is 37.5 Å². The standard InChI is InChI=1S/C27H29N5O3/c1-3-14-32(27(34)22-10-7-11-23(19-22)35-2)20-26(33)31-17-15-30(16-18-31)25-13-12-24(28-29-25)21-8-5-4-6-9-21/h3-13,19H,1,14-18,20H2,2H3. The lowest BCUT2D eigenvalue weighted by molar-refractivity contribution is -0.132. The lowest BCUT2D eigenvalue weighted by Crippen LogP contribution is -2.52. The molecule has 0 saturated carbocycles. The van der Waals surface area contributed by atoms with E-state index < -0.39 is 0 Å². The SMILES string of the molecule is C=CCN(CC(=O)N1CCN(c2ccc(-c3ccccc3)nn2)CC1)C(=O)c1cccc(OC)c1. The number of methoxy groups -OCH3 is 1. The Morgan fingerprint density at radius 3 is 2.43 bits per heavy atom. The number of anilines is 1. The predicted molar refractivity (Wildman–Crippen MR) is 135 cm³/mol. The number of benzene rings is 2. The van der Waals surface area contributed by atoms with Gasteiger partial charge in [-0.15, -0.1) is 16.8 Å². The Labute approximate surface area is 205 Å². The molecule has 8 heteroatoms. The number of hydrogen-bond acceptors (Lipinski definition) is 6. The van der Waals surface area contributed by atoms with Gasteiger partial charge in [0.2, 0.25) is 5.91 Å². The molecule has 1 aliphatic heterocycles. The van der Waals surface area contributed by atoms with Crippen molar-refractivity contribution in [1.82, 2.24) is 20.0 Å². The van der Waals surface area contributed by atoms with E-state index in [2.05, 4.69) is 21.7 Å². The second-order valence-electron chi connectivity index (χ2n) is 8.22. The molecule has 2 aromatic carbocycles. The fourth-order valence-electron chi connectivity index (χ4n) is 4.02. The number of rotatable bonds is 8. The Balaban J connectivity index is 1.34. The minimum atomic E-state index is -0.232. The first-order valence-corrected chi connectivity index (χ1v) is 11.5. The molecule has 2 amide bonds. The Bertz CT molecular complexity index is 1160. The molecule has 0 aliphatic carbocycles. The molecule has 0 unspecified atom stereocenters. The van der Waals surface area contributed by atoms with Crippen LogP contribution in [0.4, 0.5) is 5.82 Å². The predicted octanol–water partition coefficient (Wildman–Crippen LogP) is 3.13. The summed E-state index contributed by atoms with van der Waals surface area (Å²) in [6.45, 7) is 6.41. The second-order valence-corrected chi connectivity index (χ2v) is 8.22. The Morgan fingerprint density at radius 2 is 1.77 bits per heavy atom. The smallest absolute Gasteiger partial charge is 0.254 e. The van der Waals surface area contributed by atoms with Crippen molar-refractivity contribution in [3.63, 3.8) is 0 Å².